The third kappa shape index (κ3) is 5.19. The molecule has 0 spiro atoms. The molecule has 148 valence electrons. The first-order valence-corrected chi connectivity index (χ1v) is 10.7. The number of rotatable bonds is 10. The number of allylic oxidation sites excluding steroid dienone is 1. The number of aliphatic hydroxyl groups excluding tert-OH is 1. The number of ketones is 1. The van der Waals surface area contributed by atoms with Gasteiger partial charge in [0.2, 0.25) is 0 Å². The van der Waals surface area contributed by atoms with Crippen molar-refractivity contribution in [2.75, 3.05) is 20.1 Å². The lowest BCUT2D eigenvalue weighted by atomic mass is 10.1. The van der Waals surface area contributed by atoms with Crippen LogP contribution in [0.1, 0.15) is 35.0 Å². The van der Waals surface area contributed by atoms with E-state index in [0.29, 0.717) is 13.1 Å². The fraction of sp³-hybridized carbons (Fsp3) is 0.348. The molecule has 3 rings (SSSR count). The SMILES string of the molecule is CCCCN(C)C[C@@H](O)Cn1cc(/C=C\C(=O)c2cccs2)c2ccccc21. The zero-order valence-electron chi connectivity index (χ0n) is 16.5. The largest absolute Gasteiger partial charge is 0.390 e. The second kappa shape index (κ2) is 9.82. The maximum Gasteiger partial charge on any atom is 0.195 e. The molecule has 0 aliphatic rings. The van der Waals surface area contributed by atoms with Crippen LogP contribution in [0.4, 0.5) is 0 Å². The molecule has 1 atom stereocenters. The van der Waals surface area contributed by atoms with Gasteiger partial charge in [0, 0.05) is 35.8 Å². The summed E-state index contributed by atoms with van der Waals surface area (Å²) in [7, 11) is 2.05. The van der Waals surface area contributed by atoms with Crippen LogP contribution in [-0.4, -0.2) is 46.6 Å². The van der Waals surface area contributed by atoms with Crippen molar-refractivity contribution < 1.29 is 9.90 Å². The van der Waals surface area contributed by atoms with E-state index in [1.54, 1.807) is 6.08 Å². The number of likely N-dealkylation sites (N-methyl/N-ethyl adjacent to an activating group) is 1. The summed E-state index contributed by atoms with van der Waals surface area (Å²) in [6.07, 6.45) is 7.39. The minimum absolute atomic E-state index is 0.0180. The first kappa shape index (κ1) is 20.5. The molecular formula is C23H28N2O2S. The van der Waals surface area contributed by atoms with E-state index >= 15 is 0 Å². The zero-order chi connectivity index (χ0) is 19.9. The number of nitrogens with zero attached hydrogens (tertiary/aromatic N) is 2. The predicted octanol–water partition coefficient (Wildman–Crippen LogP) is 4.69. The smallest absolute Gasteiger partial charge is 0.195 e. The monoisotopic (exact) mass is 396 g/mol. The molecule has 1 aromatic carbocycles. The Labute approximate surface area is 170 Å². The maximum absolute atomic E-state index is 12.3. The zero-order valence-corrected chi connectivity index (χ0v) is 17.4. The normalized spacial score (nSPS) is 13.0. The Balaban J connectivity index is 1.76. The fourth-order valence-electron chi connectivity index (χ4n) is 3.39. The second-order valence-electron chi connectivity index (χ2n) is 7.20. The Hall–Kier alpha value is -2.21. The molecule has 0 bridgehead atoms. The van der Waals surface area contributed by atoms with Gasteiger partial charge in [-0.3, -0.25) is 4.79 Å². The molecule has 28 heavy (non-hydrogen) atoms. The van der Waals surface area contributed by atoms with Gasteiger partial charge in [0.25, 0.3) is 0 Å². The molecular weight excluding hydrogens is 368 g/mol. The molecule has 0 aliphatic heterocycles. The van der Waals surface area contributed by atoms with Crippen LogP contribution < -0.4 is 0 Å². The summed E-state index contributed by atoms with van der Waals surface area (Å²) in [5.74, 6) is 0.0180. The topological polar surface area (TPSA) is 45.5 Å². The van der Waals surface area contributed by atoms with Crippen molar-refractivity contribution in [1.29, 1.82) is 0 Å². The molecule has 3 aromatic rings. The molecule has 4 nitrogen and oxygen atoms in total. The molecule has 5 heteroatoms. The number of benzene rings is 1. The minimum Gasteiger partial charge on any atom is -0.390 e. The Bertz CT molecular complexity index is 927. The lowest BCUT2D eigenvalue weighted by molar-refractivity contribution is 0.105. The highest BCUT2D eigenvalue weighted by Gasteiger charge is 2.13. The standard InChI is InChI=1S/C23H28N2O2S/c1-3-4-13-24(2)16-19(26)17-25-15-18(20-8-5-6-9-21(20)25)11-12-22(27)23-10-7-14-28-23/h5-12,14-15,19,26H,3-4,13,16-17H2,1-2H3/b12-11-/t19-/m1/s1. The number of para-hydroxylation sites is 1. The summed E-state index contributed by atoms with van der Waals surface area (Å²) in [5, 5.41) is 13.5. The average Bonchev–Trinajstić information content (AvgIpc) is 3.33. The summed E-state index contributed by atoms with van der Waals surface area (Å²) in [6.45, 7) is 4.35. The van der Waals surface area contributed by atoms with Gasteiger partial charge >= 0.3 is 0 Å². The van der Waals surface area contributed by atoms with Gasteiger partial charge in [-0.15, -0.1) is 11.3 Å². The van der Waals surface area contributed by atoms with Crippen LogP contribution in [0, 0.1) is 0 Å². The van der Waals surface area contributed by atoms with Crippen LogP contribution in [0.3, 0.4) is 0 Å². The number of thiophene rings is 1. The minimum atomic E-state index is -0.442. The van der Waals surface area contributed by atoms with Crippen molar-refractivity contribution in [3.63, 3.8) is 0 Å². The fourth-order valence-corrected chi connectivity index (χ4v) is 4.03. The molecule has 2 heterocycles. The van der Waals surface area contributed by atoms with Crippen LogP contribution in [0.5, 0.6) is 0 Å². The quantitative estimate of drug-likeness (QED) is 0.399. The summed E-state index contributed by atoms with van der Waals surface area (Å²) in [4.78, 5) is 15.2. The van der Waals surface area contributed by atoms with E-state index in [1.807, 2.05) is 41.9 Å². The Morgan fingerprint density at radius 2 is 2.11 bits per heavy atom. The van der Waals surface area contributed by atoms with Gasteiger partial charge in [0.15, 0.2) is 5.78 Å². The van der Waals surface area contributed by atoms with E-state index in [1.165, 1.54) is 11.3 Å². The van der Waals surface area contributed by atoms with Gasteiger partial charge < -0.3 is 14.6 Å². The van der Waals surface area contributed by atoms with Crippen LogP contribution in [0.2, 0.25) is 0 Å². The van der Waals surface area contributed by atoms with E-state index < -0.39 is 6.10 Å². The van der Waals surface area contributed by atoms with E-state index in [0.717, 1.165) is 40.7 Å². The predicted molar refractivity (Wildman–Crippen MR) is 118 cm³/mol. The van der Waals surface area contributed by atoms with Crippen molar-refractivity contribution >= 4 is 34.1 Å². The van der Waals surface area contributed by atoms with Crippen molar-refractivity contribution in [3.05, 3.63) is 64.5 Å². The Morgan fingerprint density at radius 1 is 1.29 bits per heavy atom. The van der Waals surface area contributed by atoms with Crippen LogP contribution in [0.25, 0.3) is 17.0 Å². The number of fused-ring (bicyclic) bond motifs is 1. The lowest BCUT2D eigenvalue weighted by Gasteiger charge is -2.21. The molecule has 0 saturated carbocycles. The molecule has 1 N–H and O–H groups in total. The van der Waals surface area contributed by atoms with Crippen molar-refractivity contribution in [3.8, 4) is 0 Å². The Kier molecular flexibility index (Phi) is 7.20. The summed E-state index contributed by atoms with van der Waals surface area (Å²) in [6, 6.07) is 11.8. The molecule has 0 amide bonds. The molecule has 0 unspecified atom stereocenters. The molecule has 0 radical (unpaired) electrons. The third-order valence-electron chi connectivity index (χ3n) is 4.82. The van der Waals surface area contributed by atoms with Gasteiger partial charge in [-0.25, -0.2) is 0 Å². The third-order valence-corrected chi connectivity index (χ3v) is 5.71. The molecule has 0 fully saturated rings. The molecule has 0 aliphatic carbocycles. The number of aromatic nitrogens is 1. The van der Waals surface area contributed by atoms with Crippen molar-refractivity contribution in [2.45, 2.75) is 32.4 Å². The van der Waals surface area contributed by atoms with Crippen molar-refractivity contribution in [2.24, 2.45) is 0 Å². The lowest BCUT2D eigenvalue weighted by Crippen LogP contribution is -2.32. The average molecular weight is 397 g/mol. The number of hydrogen-bond acceptors (Lipinski definition) is 4. The highest BCUT2D eigenvalue weighted by atomic mass is 32.1. The van der Waals surface area contributed by atoms with Gasteiger partial charge in [-0.2, -0.15) is 0 Å². The number of hydrogen-bond donors (Lipinski definition) is 1. The van der Waals surface area contributed by atoms with E-state index in [-0.39, 0.29) is 5.78 Å². The Morgan fingerprint density at radius 3 is 2.86 bits per heavy atom. The van der Waals surface area contributed by atoms with E-state index in [9.17, 15) is 9.90 Å². The second-order valence-corrected chi connectivity index (χ2v) is 8.15. The van der Waals surface area contributed by atoms with Crippen LogP contribution in [0.15, 0.2) is 54.1 Å². The van der Waals surface area contributed by atoms with Crippen LogP contribution in [-0.2, 0) is 6.54 Å². The molecule has 0 saturated heterocycles. The van der Waals surface area contributed by atoms with Crippen molar-refractivity contribution in [1.82, 2.24) is 9.47 Å². The number of carbonyl (C=O) groups excluding carboxylic acids is 1. The number of carbonyl (C=O) groups is 1. The molecule has 2 aromatic heterocycles. The van der Waals surface area contributed by atoms with Gasteiger partial charge in [0.05, 0.1) is 11.0 Å². The first-order chi connectivity index (χ1) is 13.6. The summed E-state index contributed by atoms with van der Waals surface area (Å²) < 4.78 is 2.09. The van der Waals surface area contributed by atoms with Gasteiger partial charge in [-0.05, 0) is 49.7 Å². The highest BCUT2D eigenvalue weighted by molar-refractivity contribution is 7.12. The number of aliphatic hydroxyl groups is 1. The number of unbranched alkanes of at least 4 members (excludes halogenated alkanes) is 1. The van der Waals surface area contributed by atoms with Gasteiger partial charge in [0.1, 0.15) is 0 Å². The summed E-state index contributed by atoms with van der Waals surface area (Å²) in [5.41, 5.74) is 2.06. The summed E-state index contributed by atoms with van der Waals surface area (Å²) >= 11 is 1.45. The highest BCUT2D eigenvalue weighted by Crippen LogP contribution is 2.23. The van der Waals surface area contributed by atoms with Gasteiger partial charge in [-0.1, -0.05) is 37.6 Å². The van der Waals surface area contributed by atoms with Crippen LogP contribution >= 0.6 is 11.3 Å². The van der Waals surface area contributed by atoms with E-state index in [2.05, 4.69) is 35.6 Å². The maximum atomic E-state index is 12.3. The first-order valence-electron chi connectivity index (χ1n) is 9.79. The van der Waals surface area contributed by atoms with E-state index in [4.69, 9.17) is 0 Å².